The fourth-order valence-corrected chi connectivity index (χ4v) is 5.27. The Bertz CT molecular complexity index is 541. The molecule has 0 bridgehead atoms. The van der Waals surface area contributed by atoms with Gasteiger partial charge in [-0.3, -0.25) is 0 Å². The zero-order chi connectivity index (χ0) is 17.4. The van der Waals surface area contributed by atoms with E-state index in [2.05, 4.69) is 26.1 Å². The highest BCUT2D eigenvalue weighted by atomic mass is 32.2. The normalized spacial score (nSPS) is 31.5. The summed E-state index contributed by atoms with van der Waals surface area (Å²) in [5.74, 6) is 0.329. The molecule has 0 radical (unpaired) electrons. The SMILES string of the molecule is CO[C@@H]1[C@@H](C)[C@H](NC(=O)N2CCC(CS(N)(=O)=O)CC2)C1(C)C. The van der Waals surface area contributed by atoms with Crippen LogP contribution in [0.2, 0.25) is 0 Å². The second-order valence-electron chi connectivity index (χ2n) is 7.52. The molecule has 0 spiro atoms. The number of piperidine rings is 1. The van der Waals surface area contributed by atoms with Crippen molar-refractivity contribution in [2.24, 2.45) is 22.4 Å². The number of ether oxygens (including phenoxy) is 1. The van der Waals surface area contributed by atoms with Crippen molar-refractivity contribution in [1.82, 2.24) is 10.2 Å². The van der Waals surface area contributed by atoms with Crippen LogP contribution in [0.5, 0.6) is 0 Å². The third-order valence-corrected chi connectivity index (χ3v) is 6.38. The molecule has 1 saturated carbocycles. The van der Waals surface area contributed by atoms with Crippen LogP contribution < -0.4 is 10.5 Å². The fourth-order valence-electron chi connectivity index (χ4n) is 4.28. The topological polar surface area (TPSA) is 102 Å². The van der Waals surface area contributed by atoms with E-state index in [1.807, 2.05) is 0 Å². The molecule has 23 heavy (non-hydrogen) atoms. The summed E-state index contributed by atoms with van der Waals surface area (Å²) in [6.45, 7) is 7.43. The first kappa shape index (κ1) is 18.5. The minimum absolute atomic E-state index is 0.00463. The van der Waals surface area contributed by atoms with Gasteiger partial charge in [0.25, 0.3) is 0 Å². The Morgan fingerprint density at radius 2 is 1.91 bits per heavy atom. The summed E-state index contributed by atoms with van der Waals surface area (Å²) in [5, 5.41) is 8.21. The highest BCUT2D eigenvalue weighted by Gasteiger charge is 2.55. The Balaban J connectivity index is 1.84. The Morgan fingerprint density at radius 1 is 1.35 bits per heavy atom. The molecule has 3 N–H and O–H groups in total. The molecule has 2 amide bonds. The molecule has 2 fully saturated rings. The lowest BCUT2D eigenvalue weighted by atomic mass is 9.58. The van der Waals surface area contributed by atoms with Crippen molar-refractivity contribution < 1.29 is 17.9 Å². The number of sulfonamides is 1. The molecule has 0 unspecified atom stereocenters. The fraction of sp³-hybridized carbons (Fsp3) is 0.933. The van der Waals surface area contributed by atoms with Crippen LogP contribution in [0.15, 0.2) is 0 Å². The van der Waals surface area contributed by atoms with E-state index in [9.17, 15) is 13.2 Å². The molecule has 7 nitrogen and oxygen atoms in total. The minimum Gasteiger partial charge on any atom is -0.380 e. The number of hydrogen-bond acceptors (Lipinski definition) is 4. The predicted molar refractivity (Wildman–Crippen MR) is 88.3 cm³/mol. The van der Waals surface area contributed by atoms with Gasteiger partial charge >= 0.3 is 6.03 Å². The van der Waals surface area contributed by atoms with E-state index in [4.69, 9.17) is 9.88 Å². The molecule has 1 saturated heterocycles. The van der Waals surface area contributed by atoms with Gasteiger partial charge in [0.1, 0.15) is 0 Å². The Morgan fingerprint density at radius 3 is 2.35 bits per heavy atom. The zero-order valence-corrected chi connectivity index (χ0v) is 15.2. The first-order valence-corrected chi connectivity index (χ1v) is 9.86. The summed E-state index contributed by atoms with van der Waals surface area (Å²) in [5.41, 5.74) is -0.0875. The quantitative estimate of drug-likeness (QED) is 0.783. The van der Waals surface area contributed by atoms with Crippen molar-refractivity contribution in [1.29, 1.82) is 0 Å². The lowest BCUT2D eigenvalue weighted by Crippen LogP contribution is -2.69. The zero-order valence-electron chi connectivity index (χ0n) is 14.4. The van der Waals surface area contributed by atoms with Crippen molar-refractivity contribution in [3.05, 3.63) is 0 Å². The number of hydrogen-bond donors (Lipinski definition) is 2. The maximum atomic E-state index is 12.5. The number of nitrogens with two attached hydrogens (primary N) is 1. The molecular formula is C15H29N3O4S. The number of amides is 2. The number of nitrogens with zero attached hydrogens (tertiary/aromatic N) is 1. The Kier molecular flexibility index (Phi) is 5.27. The summed E-state index contributed by atoms with van der Waals surface area (Å²) in [4.78, 5) is 14.2. The molecule has 0 aromatic rings. The van der Waals surface area contributed by atoms with Gasteiger partial charge in [-0.05, 0) is 18.8 Å². The van der Waals surface area contributed by atoms with Gasteiger partial charge in [-0.1, -0.05) is 20.8 Å². The number of methoxy groups -OCH3 is 1. The molecule has 0 aromatic heterocycles. The van der Waals surface area contributed by atoms with Crippen LogP contribution in [0.1, 0.15) is 33.6 Å². The highest BCUT2D eigenvalue weighted by molar-refractivity contribution is 7.89. The van der Waals surface area contributed by atoms with Crippen molar-refractivity contribution in [2.45, 2.75) is 45.8 Å². The van der Waals surface area contributed by atoms with E-state index in [-0.39, 0.29) is 41.2 Å². The van der Waals surface area contributed by atoms with Crippen LogP contribution >= 0.6 is 0 Å². The molecule has 1 aliphatic heterocycles. The van der Waals surface area contributed by atoms with Gasteiger partial charge < -0.3 is 15.0 Å². The van der Waals surface area contributed by atoms with Crippen LogP contribution in [0.25, 0.3) is 0 Å². The molecule has 134 valence electrons. The van der Waals surface area contributed by atoms with Gasteiger partial charge in [-0.15, -0.1) is 0 Å². The van der Waals surface area contributed by atoms with Gasteiger partial charge in [0, 0.05) is 37.6 Å². The number of urea groups is 1. The van der Waals surface area contributed by atoms with Gasteiger partial charge in [-0.2, -0.15) is 0 Å². The van der Waals surface area contributed by atoms with Gasteiger partial charge in [0.15, 0.2) is 0 Å². The number of rotatable bonds is 4. The molecule has 8 heteroatoms. The molecule has 1 heterocycles. The van der Waals surface area contributed by atoms with E-state index in [0.29, 0.717) is 25.9 Å². The summed E-state index contributed by atoms with van der Waals surface area (Å²) < 4.78 is 27.8. The maximum Gasteiger partial charge on any atom is 0.317 e. The number of likely N-dealkylation sites (tertiary alicyclic amines) is 1. The van der Waals surface area contributed by atoms with Gasteiger partial charge in [0.2, 0.25) is 10.0 Å². The first-order chi connectivity index (χ1) is 10.6. The van der Waals surface area contributed by atoms with Crippen molar-refractivity contribution >= 4 is 16.1 Å². The standard InChI is InChI=1S/C15H29N3O4S/c1-10-12(15(2,3)13(10)22-4)17-14(19)18-7-5-11(6-8-18)9-23(16,20)21/h10-13H,5-9H2,1-4H3,(H,17,19)(H2,16,20,21)/t10-,12-,13+/m0/s1. The third-order valence-electron chi connectivity index (χ3n) is 5.44. The third kappa shape index (κ3) is 3.97. The second kappa shape index (κ2) is 6.57. The monoisotopic (exact) mass is 347 g/mol. The van der Waals surface area contributed by atoms with E-state index in [1.54, 1.807) is 12.0 Å². The number of carbonyl (C=O) groups excluding carboxylic acids is 1. The van der Waals surface area contributed by atoms with Gasteiger partial charge in [0.05, 0.1) is 11.9 Å². The number of carbonyl (C=O) groups is 1. The maximum absolute atomic E-state index is 12.5. The molecule has 0 aromatic carbocycles. The lowest BCUT2D eigenvalue weighted by Gasteiger charge is -2.56. The first-order valence-electron chi connectivity index (χ1n) is 8.15. The molecule has 2 rings (SSSR count). The average molecular weight is 347 g/mol. The number of nitrogens with one attached hydrogen (secondary N) is 1. The summed E-state index contributed by atoms with van der Waals surface area (Å²) in [6.07, 6.45) is 1.50. The largest absolute Gasteiger partial charge is 0.380 e. The Labute approximate surface area is 139 Å². The van der Waals surface area contributed by atoms with Gasteiger partial charge in [-0.25, -0.2) is 18.4 Å². The summed E-state index contributed by atoms with van der Waals surface area (Å²) in [7, 11) is -1.73. The van der Waals surface area contributed by atoms with E-state index < -0.39 is 10.0 Å². The summed E-state index contributed by atoms with van der Waals surface area (Å²) in [6, 6.07) is 0.0145. The smallest absolute Gasteiger partial charge is 0.317 e. The van der Waals surface area contributed by atoms with E-state index >= 15 is 0 Å². The van der Waals surface area contributed by atoms with Crippen LogP contribution in [-0.2, 0) is 14.8 Å². The van der Waals surface area contributed by atoms with E-state index in [1.165, 1.54) is 0 Å². The lowest BCUT2D eigenvalue weighted by molar-refractivity contribution is -0.141. The molecule has 2 aliphatic rings. The minimum atomic E-state index is -3.44. The molecular weight excluding hydrogens is 318 g/mol. The van der Waals surface area contributed by atoms with Crippen LogP contribution in [0.4, 0.5) is 4.79 Å². The number of primary sulfonamides is 1. The van der Waals surface area contributed by atoms with Crippen LogP contribution in [-0.4, -0.2) is 57.4 Å². The van der Waals surface area contributed by atoms with Crippen LogP contribution in [0.3, 0.4) is 0 Å². The predicted octanol–water partition coefficient (Wildman–Crippen LogP) is 0.756. The van der Waals surface area contributed by atoms with Crippen molar-refractivity contribution in [2.75, 3.05) is 26.0 Å². The molecule has 3 atom stereocenters. The second-order valence-corrected chi connectivity index (χ2v) is 9.18. The Hall–Kier alpha value is -0.860. The van der Waals surface area contributed by atoms with Crippen molar-refractivity contribution in [3.8, 4) is 0 Å². The van der Waals surface area contributed by atoms with Crippen LogP contribution in [0, 0.1) is 17.3 Å². The van der Waals surface area contributed by atoms with E-state index in [0.717, 1.165) is 0 Å². The highest BCUT2D eigenvalue weighted by Crippen LogP contribution is 2.46. The molecule has 1 aliphatic carbocycles. The average Bonchev–Trinajstić information content (AvgIpc) is 2.43. The van der Waals surface area contributed by atoms with Crippen molar-refractivity contribution in [3.63, 3.8) is 0 Å². The summed E-state index contributed by atoms with van der Waals surface area (Å²) >= 11 is 0.